The molecule has 0 bridgehead atoms. The highest BCUT2D eigenvalue weighted by molar-refractivity contribution is 5.96. The smallest absolute Gasteiger partial charge is 0.336 e. The summed E-state index contributed by atoms with van der Waals surface area (Å²) in [5.41, 5.74) is 0.118. The van der Waals surface area contributed by atoms with Gasteiger partial charge >= 0.3 is 11.9 Å². The zero-order valence-corrected chi connectivity index (χ0v) is 10.7. The standard InChI is InChI=1S/C13H17NO4/c1-13(2,3)14-7-10-8(11(15)16)5-4-6-9(10)12(17)18/h4-6,14H,7H2,1-3H3,(H,15,16)(H,17,18). The largest absolute Gasteiger partial charge is 0.478 e. The van der Waals surface area contributed by atoms with Crippen LogP contribution in [-0.4, -0.2) is 27.7 Å². The van der Waals surface area contributed by atoms with Gasteiger partial charge in [0.15, 0.2) is 0 Å². The van der Waals surface area contributed by atoms with E-state index in [2.05, 4.69) is 5.32 Å². The summed E-state index contributed by atoms with van der Waals surface area (Å²) in [5, 5.41) is 21.3. The van der Waals surface area contributed by atoms with Crippen molar-refractivity contribution >= 4 is 11.9 Å². The van der Waals surface area contributed by atoms with E-state index >= 15 is 0 Å². The number of hydrogen-bond acceptors (Lipinski definition) is 3. The van der Waals surface area contributed by atoms with Gasteiger partial charge in [-0.3, -0.25) is 0 Å². The van der Waals surface area contributed by atoms with Gasteiger partial charge in [-0.1, -0.05) is 6.07 Å². The number of rotatable bonds is 4. The molecule has 0 unspecified atom stereocenters. The van der Waals surface area contributed by atoms with Gasteiger partial charge < -0.3 is 15.5 Å². The van der Waals surface area contributed by atoms with Gasteiger partial charge in [0.1, 0.15) is 0 Å². The Morgan fingerprint density at radius 3 is 1.89 bits per heavy atom. The molecule has 18 heavy (non-hydrogen) atoms. The minimum absolute atomic E-state index is 0.0200. The van der Waals surface area contributed by atoms with Crippen LogP contribution < -0.4 is 5.32 Å². The predicted molar refractivity (Wildman–Crippen MR) is 67.0 cm³/mol. The molecule has 0 saturated heterocycles. The SMILES string of the molecule is CC(C)(C)NCc1c(C(=O)O)cccc1C(=O)O. The molecule has 0 radical (unpaired) electrons. The molecule has 0 saturated carbocycles. The van der Waals surface area contributed by atoms with Crippen molar-refractivity contribution in [3.05, 3.63) is 34.9 Å². The molecular weight excluding hydrogens is 234 g/mol. The molecule has 0 spiro atoms. The quantitative estimate of drug-likeness (QED) is 0.761. The van der Waals surface area contributed by atoms with Crippen molar-refractivity contribution in [2.45, 2.75) is 32.9 Å². The lowest BCUT2D eigenvalue weighted by molar-refractivity contribution is 0.0694. The van der Waals surface area contributed by atoms with E-state index in [9.17, 15) is 9.59 Å². The van der Waals surface area contributed by atoms with Gasteiger partial charge in [-0.25, -0.2) is 9.59 Å². The lowest BCUT2D eigenvalue weighted by Gasteiger charge is -2.22. The molecule has 1 aromatic rings. The van der Waals surface area contributed by atoms with E-state index in [4.69, 9.17) is 10.2 Å². The highest BCUT2D eigenvalue weighted by Gasteiger charge is 2.19. The second kappa shape index (κ2) is 5.18. The molecule has 5 nitrogen and oxygen atoms in total. The topological polar surface area (TPSA) is 86.6 Å². The molecule has 5 heteroatoms. The van der Waals surface area contributed by atoms with Crippen LogP contribution in [0.3, 0.4) is 0 Å². The van der Waals surface area contributed by atoms with Crippen LogP contribution >= 0.6 is 0 Å². The van der Waals surface area contributed by atoms with Crippen LogP contribution in [0.2, 0.25) is 0 Å². The first-order chi connectivity index (χ1) is 8.22. The molecular formula is C13H17NO4. The minimum atomic E-state index is -1.12. The Balaban J connectivity index is 3.19. The second-order valence-electron chi connectivity index (χ2n) is 5.05. The summed E-state index contributed by atoms with van der Waals surface area (Å²) in [6.45, 7) is 5.98. The fourth-order valence-electron chi connectivity index (χ4n) is 1.53. The number of hydrogen-bond donors (Lipinski definition) is 3. The van der Waals surface area contributed by atoms with E-state index in [0.29, 0.717) is 5.56 Å². The fourth-order valence-corrected chi connectivity index (χ4v) is 1.53. The molecule has 0 amide bonds. The van der Waals surface area contributed by atoms with Gasteiger partial charge in [0.05, 0.1) is 11.1 Å². The average Bonchev–Trinajstić information content (AvgIpc) is 2.24. The second-order valence-corrected chi connectivity index (χ2v) is 5.05. The lowest BCUT2D eigenvalue weighted by Crippen LogP contribution is -2.36. The zero-order valence-electron chi connectivity index (χ0n) is 10.7. The Hall–Kier alpha value is -1.88. The van der Waals surface area contributed by atoms with Crippen molar-refractivity contribution < 1.29 is 19.8 Å². The molecule has 98 valence electrons. The van der Waals surface area contributed by atoms with E-state index < -0.39 is 11.9 Å². The van der Waals surface area contributed by atoms with Gasteiger partial charge in [0.2, 0.25) is 0 Å². The summed E-state index contributed by atoms with van der Waals surface area (Å²) in [6.07, 6.45) is 0. The number of aromatic carboxylic acids is 2. The van der Waals surface area contributed by atoms with Crippen LogP contribution in [-0.2, 0) is 6.54 Å². The first-order valence-electron chi connectivity index (χ1n) is 5.56. The van der Waals surface area contributed by atoms with Crippen LogP contribution in [0.4, 0.5) is 0 Å². The molecule has 1 rings (SSSR count). The monoisotopic (exact) mass is 251 g/mol. The van der Waals surface area contributed by atoms with Crippen LogP contribution in [0.25, 0.3) is 0 Å². The normalized spacial score (nSPS) is 11.3. The third-order valence-corrected chi connectivity index (χ3v) is 2.43. The number of carboxylic acid groups (broad SMARTS) is 2. The third kappa shape index (κ3) is 3.56. The summed E-state index contributed by atoms with van der Waals surface area (Å²) in [4.78, 5) is 22.2. The average molecular weight is 251 g/mol. The van der Waals surface area contributed by atoms with Gasteiger partial charge in [-0.2, -0.15) is 0 Å². The minimum Gasteiger partial charge on any atom is -0.478 e. The Morgan fingerprint density at radius 2 is 1.56 bits per heavy atom. The van der Waals surface area contributed by atoms with Crippen molar-refractivity contribution in [3.63, 3.8) is 0 Å². The molecule has 0 atom stereocenters. The Kier molecular flexibility index (Phi) is 4.08. The first kappa shape index (κ1) is 14.2. The van der Waals surface area contributed by atoms with Crippen molar-refractivity contribution in [1.82, 2.24) is 5.32 Å². The van der Waals surface area contributed by atoms with E-state index in [1.165, 1.54) is 18.2 Å². The summed E-state index contributed by atoms with van der Waals surface area (Å²) in [7, 11) is 0. The van der Waals surface area contributed by atoms with E-state index in [1.807, 2.05) is 20.8 Å². The number of nitrogens with one attached hydrogen (secondary N) is 1. The van der Waals surface area contributed by atoms with Crippen LogP contribution in [0.1, 0.15) is 47.1 Å². The van der Waals surface area contributed by atoms with Crippen molar-refractivity contribution in [3.8, 4) is 0 Å². The summed E-state index contributed by atoms with van der Waals surface area (Å²) < 4.78 is 0. The molecule has 0 heterocycles. The van der Waals surface area contributed by atoms with Gasteiger partial charge in [-0.05, 0) is 38.5 Å². The van der Waals surface area contributed by atoms with Gasteiger partial charge in [-0.15, -0.1) is 0 Å². The van der Waals surface area contributed by atoms with E-state index in [-0.39, 0.29) is 23.2 Å². The maximum absolute atomic E-state index is 11.1. The lowest BCUT2D eigenvalue weighted by atomic mass is 9.99. The molecule has 3 N–H and O–H groups in total. The maximum Gasteiger partial charge on any atom is 0.336 e. The summed E-state index contributed by atoms with van der Waals surface area (Å²) >= 11 is 0. The van der Waals surface area contributed by atoms with Gasteiger partial charge in [0, 0.05) is 12.1 Å². The predicted octanol–water partition coefficient (Wildman–Crippen LogP) is 1.97. The van der Waals surface area contributed by atoms with Gasteiger partial charge in [0.25, 0.3) is 0 Å². The summed E-state index contributed by atoms with van der Waals surface area (Å²) in [6, 6.07) is 4.26. The molecule has 0 aromatic heterocycles. The highest BCUT2D eigenvalue weighted by Crippen LogP contribution is 2.16. The first-order valence-corrected chi connectivity index (χ1v) is 5.56. The third-order valence-electron chi connectivity index (χ3n) is 2.43. The Labute approximate surface area is 105 Å². The molecule has 0 fully saturated rings. The van der Waals surface area contributed by atoms with Crippen molar-refractivity contribution in [2.75, 3.05) is 0 Å². The Bertz CT molecular complexity index is 442. The number of benzene rings is 1. The molecule has 1 aromatic carbocycles. The fraction of sp³-hybridized carbons (Fsp3) is 0.385. The van der Waals surface area contributed by atoms with Crippen molar-refractivity contribution in [2.24, 2.45) is 0 Å². The van der Waals surface area contributed by atoms with Crippen molar-refractivity contribution in [1.29, 1.82) is 0 Å². The zero-order chi connectivity index (χ0) is 13.9. The Morgan fingerprint density at radius 1 is 1.11 bits per heavy atom. The molecule has 0 aliphatic heterocycles. The molecule has 0 aliphatic carbocycles. The maximum atomic E-state index is 11.1. The van der Waals surface area contributed by atoms with Crippen LogP contribution in [0.15, 0.2) is 18.2 Å². The highest BCUT2D eigenvalue weighted by atomic mass is 16.4. The number of carboxylic acids is 2. The van der Waals surface area contributed by atoms with E-state index in [0.717, 1.165) is 0 Å². The van der Waals surface area contributed by atoms with Crippen LogP contribution in [0, 0.1) is 0 Å². The number of carbonyl (C=O) groups is 2. The van der Waals surface area contributed by atoms with E-state index in [1.54, 1.807) is 0 Å². The molecule has 0 aliphatic rings. The van der Waals surface area contributed by atoms with Crippen LogP contribution in [0.5, 0.6) is 0 Å². The summed E-state index contributed by atoms with van der Waals surface area (Å²) in [5.74, 6) is -2.24.